The van der Waals surface area contributed by atoms with Crippen molar-refractivity contribution in [3.8, 4) is 0 Å². The maximum absolute atomic E-state index is 12.8. The van der Waals surface area contributed by atoms with E-state index >= 15 is 0 Å². The standard InChI is InChI=1S/C13H21F3N2O3/c1-8(2)9-4-6-18(7-5-9)11(21)17-12(3,10(19)20)13(14,15)16/h8-9H,4-7H2,1-3H3,(H,17,21)(H,19,20). The fraction of sp³-hybridized carbons (Fsp3) is 0.846. The fourth-order valence-electron chi connectivity index (χ4n) is 2.31. The van der Waals surface area contributed by atoms with E-state index in [1.54, 1.807) is 5.32 Å². The van der Waals surface area contributed by atoms with Gasteiger partial charge in [-0.3, -0.25) is 0 Å². The van der Waals surface area contributed by atoms with Gasteiger partial charge < -0.3 is 15.3 Å². The third kappa shape index (κ3) is 3.79. The van der Waals surface area contributed by atoms with Crippen molar-refractivity contribution in [3.63, 3.8) is 0 Å². The molecule has 0 aromatic heterocycles. The van der Waals surface area contributed by atoms with Crippen LogP contribution in [-0.2, 0) is 4.79 Å². The van der Waals surface area contributed by atoms with Gasteiger partial charge in [0.25, 0.3) is 0 Å². The van der Waals surface area contributed by atoms with Crippen LogP contribution < -0.4 is 5.32 Å². The Bertz CT molecular complexity index is 404. The molecule has 1 heterocycles. The minimum Gasteiger partial charge on any atom is -0.479 e. The predicted octanol–water partition coefficient (Wildman–Crippen LogP) is 2.47. The van der Waals surface area contributed by atoms with E-state index in [4.69, 9.17) is 5.11 Å². The van der Waals surface area contributed by atoms with Gasteiger partial charge in [-0.05, 0) is 31.6 Å². The van der Waals surface area contributed by atoms with Crippen LogP contribution in [0.25, 0.3) is 0 Å². The summed E-state index contributed by atoms with van der Waals surface area (Å²) in [4.78, 5) is 24.0. The minimum atomic E-state index is -5.06. The summed E-state index contributed by atoms with van der Waals surface area (Å²) >= 11 is 0. The van der Waals surface area contributed by atoms with Gasteiger partial charge in [0.15, 0.2) is 0 Å². The maximum atomic E-state index is 12.8. The van der Waals surface area contributed by atoms with Crippen LogP contribution in [0.1, 0.15) is 33.6 Å². The molecule has 21 heavy (non-hydrogen) atoms. The molecule has 0 aromatic carbocycles. The van der Waals surface area contributed by atoms with Crippen molar-refractivity contribution in [3.05, 3.63) is 0 Å². The van der Waals surface area contributed by atoms with Gasteiger partial charge in [0.2, 0.25) is 5.54 Å². The summed E-state index contributed by atoms with van der Waals surface area (Å²) in [6, 6.07) is -0.987. The first-order valence-electron chi connectivity index (χ1n) is 6.86. The molecule has 1 aliphatic rings. The third-order valence-corrected chi connectivity index (χ3v) is 4.12. The topological polar surface area (TPSA) is 69.6 Å². The quantitative estimate of drug-likeness (QED) is 0.841. The molecule has 8 heteroatoms. The Hall–Kier alpha value is -1.47. The van der Waals surface area contributed by atoms with Crippen LogP contribution in [-0.4, -0.2) is 46.8 Å². The number of carboxylic acids is 1. The fourth-order valence-corrected chi connectivity index (χ4v) is 2.31. The molecule has 1 fully saturated rings. The summed E-state index contributed by atoms with van der Waals surface area (Å²) in [5.41, 5.74) is -3.28. The Labute approximate surface area is 121 Å². The number of amides is 2. The highest BCUT2D eigenvalue weighted by molar-refractivity contribution is 5.86. The number of hydrogen-bond donors (Lipinski definition) is 2. The van der Waals surface area contributed by atoms with Crippen molar-refractivity contribution in [1.29, 1.82) is 0 Å². The average Bonchev–Trinajstić information content (AvgIpc) is 2.37. The summed E-state index contributed by atoms with van der Waals surface area (Å²) in [5, 5.41) is 10.4. The van der Waals surface area contributed by atoms with Crippen LogP contribution in [0.5, 0.6) is 0 Å². The maximum Gasteiger partial charge on any atom is 0.422 e. The van der Waals surface area contributed by atoms with Crippen molar-refractivity contribution >= 4 is 12.0 Å². The zero-order chi connectivity index (χ0) is 16.4. The smallest absolute Gasteiger partial charge is 0.422 e. The van der Waals surface area contributed by atoms with E-state index in [9.17, 15) is 22.8 Å². The molecule has 1 aliphatic heterocycles. The molecule has 1 rings (SSSR count). The molecule has 122 valence electrons. The molecule has 2 amide bonds. The summed E-state index contributed by atoms with van der Waals surface area (Å²) in [6.45, 7) is 5.25. The number of rotatable bonds is 3. The number of carbonyl (C=O) groups excluding carboxylic acids is 1. The lowest BCUT2D eigenvalue weighted by Gasteiger charge is -2.36. The summed E-state index contributed by atoms with van der Waals surface area (Å²) in [5.74, 6) is -1.24. The van der Waals surface area contributed by atoms with Gasteiger partial charge in [0.1, 0.15) is 0 Å². The minimum absolute atomic E-state index is 0.336. The summed E-state index contributed by atoms with van der Waals surface area (Å²) in [7, 11) is 0. The van der Waals surface area contributed by atoms with E-state index in [-0.39, 0.29) is 0 Å². The van der Waals surface area contributed by atoms with Gasteiger partial charge in [0.05, 0.1) is 0 Å². The highest BCUT2D eigenvalue weighted by atomic mass is 19.4. The zero-order valence-electron chi connectivity index (χ0n) is 12.3. The number of halogens is 3. The van der Waals surface area contributed by atoms with Crippen LogP contribution >= 0.6 is 0 Å². The Kier molecular flexibility index (Phi) is 5.11. The van der Waals surface area contributed by atoms with Gasteiger partial charge in [-0.2, -0.15) is 13.2 Å². The van der Waals surface area contributed by atoms with E-state index in [2.05, 4.69) is 13.8 Å². The van der Waals surface area contributed by atoms with Crippen LogP contribution in [0.15, 0.2) is 0 Å². The highest BCUT2D eigenvalue weighted by Crippen LogP contribution is 2.31. The number of nitrogens with one attached hydrogen (secondary N) is 1. The van der Waals surface area contributed by atoms with Crippen molar-refractivity contribution in [2.45, 2.75) is 45.3 Å². The molecule has 0 aromatic rings. The molecule has 1 saturated heterocycles. The van der Waals surface area contributed by atoms with Gasteiger partial charge in [-0.1, -0.05) is 13.8 Å². The lowest BCUT2D eigenvalue weighted by atomic mass is 9.87. The number of piperidine rings is 1. The Morgan fingerprint density at radius 3 is 2.05 bits per heavy atom. The number of urea groups is 1. The molecule has 0 spiro atoms. The van der Waals surface area contributed by atoms with Crippen LogP contribution in [0.4, 0.5) is 18.0 Å². The molecular formula is C13H21F3N2O3. The van der Waals surface area contributed by atoms with Gasteiger partial charge in [-0.25, -0.2) is 9.59 Å². The first-order chi connectivity index (χ1) is 9.49. The second-order valence-corrected chi connectivity index (χ2v) is 5.93. The van der Waals surface area contributed by atoms with Crippen LogP contribution in [0.3, 0.4) is 0 Å². The number of hydrogen-bond acceptors (Lipinski definition) is 2. The van der Waals surface area contributed by atoms with Crippen molar-refractivity contribution in [2.24, 2.45) is 11.8 Å². The van der Waals surface area contributed by atoms with Crippen LogP contribution in [0, 0.1) is 11.8 Å². The SMILES string of the molecule is CC(C)C1CCN(C(=O)NC(C)(C(=O)O)C(F)(F)F)CC1. The molecule has 0 aliphatic carbocycles. The first kappa shape index (κ1) is 17.6. The molecule has 0 saturated carbocycles. The van der Waals surface area contributed by atoms with Gasteiger partial charge >= 0.3 is 18.2 Å². The van der Waals surface area contributed by atoms with Crippen molar-refractivity contribution in [1.82, 2.24) is 10.2 Å². The number of aliphatic carboxylic acids is 1. The zero-order valence-corrected chi connectivity index (χ0v) is 12.3. The molecule has 0 bridgehead atoms. The van der Waals surface area contributed by atoms with E-state index in [1.165, 1.54) is 4.90 Å². The van der Waals surface area contributed by atoms with E-state index in [1.807, 2.05) is 0 Å². The van der Waals surface area contributed by atoms with E-state index < -0.39 is 23.7 Å². The molecule has 1 unspecified atom stereocenters. The summed E-state index contributed by atoms with van der Waals surface area (Å²) in [6.07, 6.45) is -3.65. The van der Waals surface area contributed by atoms with Crippen molar-refractivity contribution in [2.75, 3.05) is 13.1 Å². The van der Waals surface area contributed by atoms with Crippen LogP contribution in [0.2, 0.25) is 0 Å². The Morgan fingerprint density at radius 2 is 1.71 bits per heavy atom. The van der Waals surface area contributed by atoms with E-state index in [0.717, 1.165) is 0 Å². The molecule has 1 atom stereocenters. The largest absolute Gasteiger partial charge is 0.479 e. The number of nitrogens with zero attached hydrogens (tertiary/aromatic N) is 1. The molecule has 2 N–H and O–H groups in total. The Balaban J connectivity index is 2.71. The third-order valence-electron chi connectivity index (χ3n) is 4.12. The normalized spacial score (nSPS) is 20.2. The average molecular weight is 310 g/mol. The second-order valence-electron chi connectivity index (χ2n) is 5.93. The van der Waals surface area contributed by atoms with E-state index in [0.29, 0.717) is 44.7 Å². The molecule has 5 nitrogen and oxygen atoms in total. The monoisotopic (exact) mass is 310 g/mol. The lowest BCUT2D eigenvalue weighted by molar-refractivity contribution is -0.203. The van der Waals surface area contributed by atoms with Gasteiger partial charge in [-0.15, -0.1) is 0 Å². The summed E-state index contributed by atoms with van der Waals surface area (Å²) < 4.78 is 38.5. The van der Waals surface area contributed by atoms with Crippen molar-refractivity contribution < 1.29 is 27.9 Å². The lowest BCUT2D eigenvalue weighted by Crippen LogP contribution is -2.64. The van der Waals surface area contributed by atoms with Gasteiger partial charge in [0, 0.05) is 13.1 Å². The predicted molar refractivity (Wildman–Crippen MR) is 69.8 cm³/mol. The highest BCUT2D eigenvalue weighted by Gasteiger charge is 2.58. The first-order valence-corrected chi connectivity index (χ1v) is 6.86. The number of likely N-dealkylation sites (tertiary alicyclic amines) is 1. The number of alkyl halides is 3. The second kappa shape index (κ2) is 6.11. The number of carboxylic acid groups (broad SMARTS) is 1. The Morgan fingerprint density at radius 1 is 1.24 bits per heavy atom. The number of carbonyl (C=O) groups is 2. The molecular weight excluding hydrogens is 289 g/mol. The molecule has 0 radical (unpaired) electrons.